The Balaban J connectivity index is 2.31. The summed E-state index contributed by atoms with van der Waals surface area (Å²) in [5, 5.41) is 16.1. The molecule has 7 heteroatoms. The van der Waals surface area contributed by atoms with Crippen molar-refractivity contribution in [2.24, 2.45) is 0 Å². The summed E-state index contributed by atoms with van der Waals surface area (Å²) in [6.45, 7) is 1.96. The van der Waals surface area contributed by atoms with Crippen LogP contribution in [0.5, 0.6) is 0 Å². The molecule has 0 saturated carbocycles. The number of aromatic nitrogens is 1. The van der Waals surface area contributed by atoms with Gasteiger partial charge in [-0.05, 0) is 34.3 Å². The average molecular weight is 328 g/mol. The highest BCUT2D eigenvalue weighted by Crippen LogP contribution is 2.34. The van der Waals surface area contributed by atoms with Crippen LogP contribution >= 0.6 is 27.3 Å². The second-order valence-electron chi connectivity index (χ2n) is 3.65. The van der Waals surface area contributed by atoms with Crippen molar-refractivity contribution in [2.45, 2.75) is 13.0 Å². The predicted octanol–water partition coefficient (Wildman–Crippen LogP) is 3.99. The number of hydrogen-bond donors (Lipinski definition) is 1. The first-order chi connectivity index (χ1) is 8.59. The maximum absolute atomic E-state index is 10.9. The van der Waals surface area contributed by atoms with E-state index in [1.165, 1.54) is 12.4 Å². The molecule has 0 radical (unpaired) electrons. The minimum Gasteiger partial charge on any atom is -0.371 e. The zero-order valence-corrected chi connectivity index (χ0v) is 11.9. The Morgan fingerprint density at radius 3 is 2.94 bits per heavy atom. The molecule has 0 aliphatic heterocycles. The van der Waals surface area contributed by atoms with Gasteiger partial charge in [0.05, 0.1) is 15.4 Å². The van der Waals surface area contributed by atoms with Crippen molar-refractivity contribution in [3.8, 4) is 0 Å². The topological polar surface area (TPSA) is 68.1 Å². The molecule has 2 rings (SSSR count). The first-order valence-corrected chi connectivity index (χ1v) is 6.84. The van der Waals surface area contributed by atoms with E-state index in [1.807, 2.05) is 24.4 Å². The smallest absolute Gasteiger partial charge is 0.311 e. The number of nitrogens with one attached hydrogen (secondary N) is 1. The third kappa shape index (κ3) is 2.68. The zero-order chi connectivity index (χ0) is 13.1. The standard InChI is InChI=1S/C11H10BrN3O2S/c1-7(10-3-2-4-18-10)14-11-8(12)5-13-6-9(11)15(16)17/h2-7H,1H3,(H,13,14). The van der Waals surface area contributed by atoms with Crippen LogP contribution in [-0.2, 0) is 0 Å². The fraction of sp³-hybridized carbons (Fsp3) is 0.182. The van der Waals surface area contributed by atoms with Crippen molar-refractivity contribution in [1.29, 1.82) is 0 Å². The molecule has 0 aromatic carbocycles. The summed E-state index contributed by atoms with van der Waals surface area (Å²) < 4.78 is 0.583. The van der Waals surface area contributed by atoms with Crippen LogP contribution in [0, 0.1) is 10.1 Å². The lowest BCUT2D eigenvalue weighted by Gasteiger charge is -2.14. The number of halogens is 1. The highest BCUT2D eigenvalue weighted by Gasteiger charge is 2.19. The second-order valence-corrected chi connectivity index (χ2v) is 5.49. The minimum absolute atomic E-state index is 0.00222. The van der Waals surface area contributed by atoms with Crippen LogP contribution in [0.3, 0.4) is 0 Å². The summed E-state index contributed by atoms with van der Waals surface area (Å²) in [4.78, 5) is 15.4. The normalized spacial score (nSPS) is 12.1. The van der Waals surface area contributed by atoms with Gasteiger partial charge in [0.2, 0.25) is 0 Å². The molecule has 5 nitrogen and oxygen atoms in total. The molecule has 0 fully saturated rings. The molecular formula is C11H10BrN3O2S. The molecular weight excluding hydrogens is 318 g/mol. The Labute approximate surface area is 116 Å². The molecule has 18 heavy (non-hydrogen) atoms. The van der Waals surface area contributed by atoms with Crippen molar-refractivity contribution in [1.82, 2.24) is 4.98 Å². The quantitative estimate of drug-likeness (QED) is 0.681. The monoisotopic (exact) mass is 327 g/mol. The molecule has 2 heterocycles. The van der Waals surface area contributed by atoms with Crippen LogP contribution in [0.1, 0.15) is 17.8 Å². The molecule has 0 aliphatic carbocycles. The van der Waals surface area contributed by atoms with Gasteiger partial charge in [0.25, 0.3) is 0 Å². The van der Waals surface area contributed by atoms with E-state index in [9.17, 15) is 10.1 Å². The largest absolute Gasteiger partial charge is 0.371 e. The van der Waals surface area contributed by atoms with Gasteiger partial charge in [0.15, 0.2) is 0 Å². The third-order valence-electron chi connectivity index (χ3n) is 2.41. The van der Waals surface area contributed by atoms with Gasteiger partial charge >= 0.3 is 5.69 Å². The molecule has 2 aromatic rings. The van der Waals surface area contributed by atoms with E-state index in [2.05, 4.69) is 26.2 Å². The minimum atomic E-state index is -0.443. The molecule has 0 amide bonds. The van der Waals surface area contributed by atoms with Crippen molar-refractivity contribution in [3.05, 3.63) is 49.4 Å². The van der Waals surface area contributed by atoms with Crippen LogP contribution in [0.2, 0.25) is 0 Å². The van der Waals surface area contributed by atoms with Gasteiger partial charge in [-0.25, -0.2) is 0 Å². The van der Waals surface area contributed by atoms with E-state index in [0.717, 1.165) is 4.88 Å². The lowest BCUT2D eigenvalue weighted by atomic mass is 10.2. The Morgan fingerprint density at radius 2 is 2.33 bits per heavy atom. The van der Waals surface area contributed by atoms with Gasteiger partial charge < -0.3 is 5.32 Å². The molecule has 1 unspecified atom stereocenters. The van der Waals surface area contributed by atoms with Gasteiger partial charge in [0.1, 0.15) is 11.9 Å². The van der Waals surface area contributed by atoms with Crippen LogP contribution in [0.15, 0.2) is 34.4 Å². The van der Waals surface area contributed by atoms with Crippen molar-refractivity contribution < 1.29 is 4.92 Å². The first kappa shape index (κ1) is 13.0. The average Bonchev–Trinajstić information content (AvgIpc) is 2.85. The molecule has 0 bridgehead atoms. The number of anilines is 1. The summed E-state index contributed by atoms with van der Waals surface area (Å²) in [7, 11) is 0. The van der Waals surface area contributed by atoms with E-state index in [4.69, 9.17) is 0 Å². The molecule has 1 N–H and O–H groups in total. The van der Waals surface area contributed by atoms with E-state index in [-0.39, 0.29) is 11.7 Å². The number of nitrogens with zero attached hydrogens (tertiary/aromatic N) is 2. The van der Waals surface area contributed by atoms with Gasteiger partial charge in [-0.15, -0.1) is 11.3 Å². The Morgan fingerprint density at radius 1 is 1.56 bits per heavy atom. The number of thiophene rings is 1. The van der Waals surface area contributed by atoms with Gasteiger partial charge in [-0.3, -0.25) is 15.1 Å². The van der Waals surface area contributed by atoms with Crippen LogP contribution in [0.25, 0.3) is 0 Å². The number of nitro groups is 1. The molecule has 94 valence electrons. The van der Waals surface area contributed by atoms with Crippen LogP contribution in [0.4, 0.5) is 11.4 Å². The molecule has 0 aliphatic rings. The highest BCUT2D eigenvalue weighted by atomic mass is 79.9. The summed E-state index contributed by atoms with van der Waals surface area (Å²) in [6, 6.07) is 3.94. The molecule has 0 spiro atoms. The fourth-order valence-corrected chi connectivity index (χ4v) is 2.70. The van der Waals surface area contributed by atoms with Crippen molar-refractivity contribution >= 4 is 38.6 Å². The molecule has 0 saturated heterocycles. The third-order valence-corrected chi connectivity index (χ3v) is 4.06. The van der Waals surface area contributed by atoms with Gasteiger partial charge in [-0.2, -0.15) is 0 Å². The number of pyridine rings is 1. The maximum atomic E-state index is 10.9. The van der Waals surface area contributed by atoms with E-state index in [1.54, 1.807) is 11.3 Å². The number of hydrogen-bond acceptors (Lipinski definition) is 5. The fourth-order valence-electron chi connectivity index (χ4n) is 1.53. The van der Waals surface area contributed by atoms with Gasteiger partial charge in [-0.1, -0.05) is 6.07 Å². The predicted molar refractivity (Wildman–Crippen MR) is 74.9 cm³/mol. The molecule has 2 aromatic heterocycles. The van der Waals surface area contributed by atoms with E-state index >= 15 is 0 Å². The summed E-state index contributed by atoms with van der Waals surface area (Å²) in [6.07, 6.45) is 2.78. The Kier molecular flexibility index (Phi) is 3.93. The van der Waals surface area contributed by atoms with Crippen molar-refractivity contribution in [3.63, 3.8) is 0 Å². The van der Waals surface area contributed by atoms with E-state index < -0.39 is 4.92 Å². The summed E-state index contributed by atoms with van der Waals surface area (Å²) in [5.74, 6) is 0. The zero-order valence-electron chi connectivity index (χ0n) is 9.46. The van der Waals surface area contributed by atoms with Gasteiger partial charge in [0, 0.05) is 11.1 Å². The maximum Gasteiger partial charge on any atom is 0.311 e. The van der Waals surface area contributed by atoms with E-state index in [0.29, 0.717) is 10.2 Å². The van der Waals surface area contributed by atoms with Crippen LogP contribution < -0.4 is 5.32 Å². The summed E-state index contributed by atoms with van der Waals surface area (Å²) in [5.41, 5.74) is 0.420. The Hall–Kier alpha value is -1.47. The van der Waals surface area contributed by atoms with Crippen molar-refractivity contribution in [2.75, 3.05) is 5.32 Å². The first-order valence-electron chi connectivity index (χ1n) is 5.17. The highest BCUT2D eigenvalue weighted by molar-refractivity contribution is 9.10. The lowest BCUT2D eigenvalue weighted by Crippen LogP contribution is -2.08. The van der Waals surface area contributed by atoms with Crippen LogP contribution in [-0.4, -0.2) is 9.91 Å². The second kappa shape index (κ2) is 5.45. The number of rotatable bonds is 4. The Bertz CT molecular complexity index is 559. The lowest BCUT2D eigenvalue weighted by molar-refractivity contribution is -0.384. The summed E-state index contributed by atoms with van der Waals surface area (Å²) >= 11 is 4.89. The molecule has 1 atom stereocenters. The SMILES string of the molecule is CC(Nc1c(Br)cncc1[N+](=O)[O-])c1cccs1.